The van der Waals surface area contributed by atoms with Crippen LogP contribution in [0.4, 0.5) is 5.95 Å². The average Bonchev–Trinajstić information content (AvgIpc) is 2.56. The number of nitriles is 1. The van der Waals surface area contributed by atoms with Crippen LogP contribution in [0.15, 0.2) is 35.7 Å². The first-order chi connectivity index (χ1) is 11.2. The van der Waals surface area contributed by atoms with Crippen molar-refractivity contribution in [2.45, 2.75) is 18.4 Å². The van der Waals surface area contributed by atoms with Crippen LogP contribution in [0.2, 0.25) is 0 Å². The van der Waals surface area contributed by atoms with Gasteiger partial charge < -0.3 is 10.5 Å². The summed E-state index contributed by atoms with van der Waals surface area (Å²) in [5.41, 5.74) is 7.61. The van der Waals surface area contributed by atoms with Gasteiger partial charge in [-0.2, -0.15) is 5.26 Å². The van der Waals surface area contributed by atoms with Gasteiger partial charge in [-0.05, 0) is 31.6 Å². The van der Waals surface area contributed by atoms with Crippen LogP contribution < -0.4 is 5.73 Å². The van der Waals surface area contributed by atoms with E-state index < -0.39 is 0 Å². The largest absolute Gasteiger partial charge is 0.501 e. The topological polar surface area (TPSA) is 97.7 Å². The summed E-state index contributed by atoms with van der Waals surface area (Å²) < 4.78 is 5.15. The molecule has 0 bridgehead atoms. The Bertz CT molecular complexity index is 712. The number of aromatic nitrogens is 3. The molecule has 23 heavy (non-hydrogen) atoms. The maximum atomic E-state index is 9.39. The summed E-state index contributed by atoms with van der Waals surface area (Å²) in [6.45, 7) is 2.42. The number of nitrogens with two attached hydrogens (primary N) is 1. The van der Waals surface area contributed by atoms with E-state index in [1.54, 1.807) is 12.3 Å². The van der Waals surface area contributed by atoms with E-state index in [9.17, 15) is 5.26 Å². The Kier molecular flexibility index (Phi) is 6.39. The lowest BCUT2D eigenvalue weighted by Crippen LogP contribution is -2.03. The molecule has 2 aromatic heterocycles. The first-order valence-electron chi connectivity index (χ1n) is 7.13. The molecule has 2 N–H and O–H groups in total. The van der Waals surface area contributed by atoms with Gasteiger partial charge in [-0.1, -0.05) is 6.07 Å². The molecule has 2 aromatic rings. The van der Waals surface area contributed by atoms with Crippen molar-refractivity contribution in [1.29, 1.82) is 5.26 Å². The van der Waals surface area contributed by atoms with E-state index in [1.807, 2.05) is 25.1 Å². The summed E-state index contributed by atoms with van der Waals surface area (Å²) in [5.74, 6) is 0.886. The number of pyridine rings is 1. The van der Waals surface area contributed by atoms with Crippen LogP contribution in [-0.4, -0.2) is 27.3 Å². The van der Waals surface area contributed by atoms with Crippen LogP contribution in [0.25, 0.3) is 6.08 Å². The molecule has 0 saturated carbocycles. The number of nitrogens with zero attached hydrogens (tertiary/aromatic N) is 4. The third-order valence-corrected chi connectivity index (χ3v) is 3.82. The van der Waals surface area contributed by atoms with Gasteiger partial charge in [0.15, 0.2) is 0 Å². The molecule has 0 unspecified atom stereocenters. The second kappa shape index (κ2) is 8.76. The Morgan fingerprint density at radius 2 is 2.26 bits per heavy atom. The third kappa shape index (κ3) is 4.97. The Labute approximate surface area is 139 Å². The molecule has 2 heterocycles. The van der Waals surface area contributed by atoms with Gasteiger partial charge in [-0.3, -0.25) is 4.98 Å². The van der Waals surface area contributed by atoms with E-state index in [0.717, 1.165) is 17.9 Å². The lowest BCUT2D eigenvalue weighted by molar-refractivity contribution is 0.272. The van der Waals surface area contributed by atoms with Crippen LogP contribution in [0.1, 0.15) is 23.9 Å². The molecule has 0 radical (unpaired) electrons. The number of hydrogen-bond donors (Lipinski definition) is 1. The molecule has 7 heteroatoms. The zero-order valence-electron chi connectivity index (χ0n) is 12.8. The quantitative estimate of drug-likeness (QED) is 0.474. The number of nitrogen functional groups attached to an aromatic ring is 1. The van der Waals surface area contributed by atoms with Crippen molar-refractivity contribution in [1.82, 2.24) is 15.0 Å². The number of aryl methyl sites for hydroxylation is 1. The van der Waals surface area contributed by atoms with E-state index >= 15 is 0 Å². The number of ether oxygens (including phenoxy) is 1. The Morgan fingerprint density at radius 1 is 1.39 bits per heavy atom. The van der Waals surface area contributed by atoms with Crippen molar-refractivity contribution in [3.8, 4) is 6.07 Å². The molecule has 6 nitrogen and oxygen atoms in total. The van der Waals surface area contributed by atoms with Gasteiger partial charge in [0.1, 0.15) is 16.7 Å². The molecule has 0 amide bonds. The highest BCUT2D eigenvalue weighted by Gasteiger charge is 2.12. The number of anilines is 1. The molecular weight excluding hydrogens is 310 g/mol. The summed E-state index contributed by atoms with van der Waals surface area (Å²) >= 11 is 1.47. The summed E-state index contributed by atoms with van der Waals surface area (Å²) in [6.07, 6.45) is 5.68. The molecule has 0 aliphatic carbocycles. The molecule has 0 aliphatic heterocycles. The van der Waals surface area contributed by atoms with Gasteiger partial charge >= 0.3 is 0 Å². The second-order valence-corrected chi connectivity index (χ2v) is 5.52. The highest BCUT2D eigenvalue weighted by atomic mass is 32.2. The first-order valence-corrected chi connectivity index (χ1v) is 8.11. The fourth-order valence-corrected chi connectivity index (χ4v) is 2.77. The Morgan fingerprint density at radius 3 is 2.96 bits per heavy atom. The Balaban J connectivity index is 2.12. The smallest absolute Gasteiger partial charge is 0.221 e. The van der Waals surface area contributed by atoms with E-state index in [0.29, 0.717) is 22.9 Å². The molecular formula is C16H17N5OS. The van der Waals surface area contributed by atoms with Crippen molar-refractivity contribution in [2.24, 2.45) is 0 Å². The summed E-state index contributed by atoms with van der Waals surface area (Å²) in [4.78, 5) is 12.5. The first kappa shape index (κ1) is 16.8. The summed E-state index contributed by atoms with van der Waals surface area (Å²) in [6, 6.07) is 7.94. The SMILES string of the molecule is CCOC=Cc1nc(N)nc(SCCc2ccccn2)c1C#N. The van der Waals surface area contributed by atoms with Crippen molar-refractivity contribution in [3.63, 3.8) is 0 Å². The summed E-state index contributed by atoms with van der Waals surface area (Å²) in [7, 11) is 0. The zero-order chi connectivity index (χ0) is 16.5. The molecule has 118 valence electrons. The van der Waals surface area contributed by atoms with Crippen LogP contribution in [0, 0.1) is 11.3 Å². The zero-order valence-corrected chi connectivity index (χ0v) is 13.6. The van der Waals surface area contributed by atoms with Gasteiger partial charge in [0.25, 0.3) is 0 Å². The van der Waals surface area contributed by atoms with E-state index in [1.165, 1.54) is 18.0 Å². The fourth-order valence-electron chi connectivity index (χ4n) is 1.81. The molecule has 0 fully saturated rings. The van der Waals surface area contributed by atoms with Crippen molar-refractivity contribution in [3.05, 3.63) is 47.6 Å². The maximum absolute atomic E-state index is 9.39. The normalized spacial score (nSPS) is 10.6. The van der Waals surface area contributed by atoms with Gasteiger partial charge in [0.2, 0.25) is 5.95 Å². The van der Waals surface area contributed by atoms with E-state index in [4.69, 9.17) is 10.5 Å². The van der Waals surface area contributed by atoms with Crippen molar-refractivity contribution >= 4 is 23.8 Å². The van der Waals surface area contributed by atoms with Gasteiger partial charge in [0, 0.05) is 17.6 Å². The minimum absolute atomic E-state index is 0.139. The van der Waals surface area contributed by atoms with Crippen LogP contribution in [0.5, 0.6) is 0 Å². The number of hydrogen-bond acceptors (Lipinski definition) is 7. The van der Waals surface area contributed by atoms with Gasteiger partial charge in [-0.25, -0.2) is 9.97 Å². The van der Waals surface area contributed by atoms with Crippen LogP contribution in [-0.2, 0) is 11.2 Å². The van der Waals surface area contributed by atoms with Gasteiger partial charge in [0.05, 0.1) is 18.6 Å². The van der Waals surface area contributed by atoms with Crippen molar-refractivity contribution < 1.29 is 4.74 Å². The predicted octanol–water partition coefficient (Wildman–Crippen LogP) is 2.67. The maximum Gasteiger partial charge on any atom is 0.221 e. The number of rotatable bonds is 7. The molecule has 2 rings (SSSR count). The Hall–Kier alpha value is -2.59. The average molecular weight is 327 g/mol. The van der Waals surface area contributed by atoms with Crippen LogP contribution in [0.3, 0.4) is 0 Å². The van der Waals surface area contributed by atoms with Gasteiger partial charge in [-0.15, -0.1) is 11.8 Å². The minimum atomic E-state index is 0.139. The standard InChI is InChI=1S/C16H17N5OS/c1-2-22-9-6-14-13(11-17)15(21-16(18)20-14)23-10-7-12-5-3-4-8-19-12/h3-6,8-9H,2,7,10H2,1H3,(H2,18,20,21). The highest BCUT2D eigenvalue weighted by molar-refractivity contribution is 7.99. The van der Waals surface area contributed by atoms with Crippen LogP contribution >= 0.6 is 11.8 Å². The minimum Gasteiger partial charge on any atom is -0.501 e. The highest BCUT2D eigenvalue weighted by Crippen LogP contribution is 2.24. The van der Waals surface area contributed by atoms with E-state index in [-0.39, 0.29) is 5.95 Å². The molecule has 0 saturated heterocycles. The lowest BCUT2D eigenvalue weighted by atomic mass is 10.2. The third-order valence-electron chi connectivity index (χ3n) is 2.84. The molecule has 0 aliphatic rings. The second-order valence-electron chi connectivity index (χ2n) is 4.44. The van der Waals surface area contributed by atoms with E-state index in [2.05, 4.69) is 21.0 Å². The lowest BCUT2D eigenvalue weighted by Gasteiger charge is -2.06. The van der Waals surface area contributed by atoms with Crippen molar-refractivity contribution in [2.75, 3.05) is 18.1 Å². The molecule has 0 atom stereocenters. The summed E-state index contributed by atoms with van der Waals surface area (Å²) in [5, 5.41) is 9.97. The molecule has 0 spiro atoms. The monoisotopic (exact) mass is 327 g/mol. The fraction of sp³-hybridized carbons (Fsp3) is 0.250. The number of thioether (sulfide) groups is 1. The molecule has 0 aromatic carbocycles. The predicted molar refractivity (Wildman–Crippen MR) is 90.5 cm³/mol.